The number of aromatic amines is 4. The van der Waals surface area contributed by atoms with Gasteiger partial charge in [-0.1, -0.05) is 146 Å². The summed E-state index contributed by atoms with van der Waals surface area (Å²) in [5, 5.41) is 72.3. The maximum atomic E-state index is 8.25. The van der Waals surface area contributed by atoms with Gasteiger partial charge in [0.05, 0.1) is 57.0 Å². The Balaban J connectivity index is 0.000000128. The average Bonchev–Trinajstić information content (AvgIpc) is 4.11. The standard InChI is InChI=1S/4C11H8N2.Cu.2NO3/c4*1-2-4-10-8(3-1)5-6-9-7-12-13-11(9)10;;2*2-1(3)4/h4*1-7H,(H,12,13);;;/q;;;;+2;2*-1. The van der Waals surface area contributed by atoms with Crippen molar-refractivity contribution in [1.82, 2.24) is 40.8 Å². The Bertz CT molecular complexity index is 2920. The molecule has 16 nitrogen and oxygen atoms in total. The minimum Gasteiger partial charge on any atom is -0.356 e. The molecule has 0 atom stereocenters. The number of fused-ring (bicyclic) bond motifs is 12. The first-order valence-corrected chi connectivity index (χ1v) is 18.1. The van der Waals surface area contributed by atoms with Crippen LogP contribution in [-0.2, 0) is 17.1 Å². The molecule has 4 aromatic heterocycles. The summed E-state index contributed by atoms with van der Waals surface area (Å²) in [6, 6.07) is 50.0. The zero-order chi connectivity index (χ0) is 41.8. The molecule has 0 fully saturated rings. The fraction of sp³-hybridized carbons (Fsp3) is 0. The normalized spacial score (nSPS) is 10.2. The van der Waals surface area contributed by atoms with Crippen LogP contribution in [-0.4, -0.2) is 51.0 Å². The summed E-state index contributed by atoms with van der Waals surface area (Å²) in [6.45, 7) is 0. The number of rotatable bonds is 0. The molecule has 4 N–H and O–H groups in total. The van der Waals surface area contributed by atoms with Gasteiger partial charge in [0.1, 0.15) is 0 Å². The largest absolute Gasteiger partial charge is 2.00 e. The van der Waals surface area contributed by atoms with Gasteiger partial charge in [-0.25, -0.2) is 0 Å². The number of benzene rings is 8. The third kappa shape index (κ3) is 10.2. The van der Waals surface area contributed by atoms with Crippen LogP contribution in [0, 0.1) is 30.6 Å². The van der Waals surface area contributed by atoms with Crippen LogP contribution < -0.4 is 0 Å². The van der Waals surface area contributed by atoms with Gasteiger partial charge < -0.3 is 30.6 Å². The first-order valence-electron chi connectivity index (χ1n) is 18.1. The van der Waals surface area contributed by atoms with Gasteiger partial charge in [0, 0.05) is 43.1 Å². The van der Waals surface area contributed by atoms with Gasteiger partial charge in [0.15, 0.2) is 0 Å². The average molecular weight is 860 g/mol. The molecule has 0 bridgehead atoms. The van der Waals surface area contributed by atoms with Gasteiger partial charge >= 0.3 is 17.1 Å². The van der Waals surface area contributed by atoms with Crippen LogP contribution >= 0.6 is 0 Å². The van der Waals surface area contributed by atoms with Crippen LogP contribution in [0.4, 0.5) is 0 Å². The monoisotopic (exact) mass is 859 g/mol. The van der Waals surface area contributed by atoms with Gasteiger partial charge in [0.2, 0.25) is 0 Å². The van der Waals surface area contributed by atoms with Crippen LogP contribution in [0.3, 0.4) is 0 Å². The van der Waals surface area contributed by atoms with E-state index in [4.69, 9.17) is 30.6 Å². The summed E-state index contributed by atoms with van der Waals surface area (Å²) in [4.78, 5) is 16.5. The van der Waals surface area contributed by atoms with E-state index in [0.717, 1.165) is 22.1 Å². The molecule has 0 saturated heterocycles. The van der Waals surface area contributed by atoms with Crippen molar-refractivity contribution in [2.75, 3.05) is 0 Å². The fourth-order valence-corrected chi connectivity index (χ4v) is 6.75. The fourth-order valence-electron chi connectivity index (χ4n) is 6.75. The second kappa shape index (κ2) is 19.8. The predicted octanol–water partition coefficient (Wildman–Crippen LogP) is 10.4. The summed E-state index contributed by atoms with van der Waals surface area (Å²) >= 11 is 0. The number of nitrogens with zero attached hydrogens (tertiary/aromatic N) is 6. The molecule has 0 spiro atoms. The van der Waals surface area contributed by atoms with Gasteiger partial charge in [-0.2, -0.15) is 20.4 Å². The predicted molar refractivity (Wildman–Crippen MR) is 235 cm³/mol. The molecule has 305 valence electrons. The topological polar surface area (TPSA) is 247 Å². The maximum Gasteiger partial charge on any atom is 2.00 e. The zero-order valence-electron chi connectivity index (χ0n) is 31.6. The van der Waals surface area contributed by atoms with Crippen molar-refractivity contribution in [3.63, 3.8) is 0 Å². The maximum absolute atomic E-state index is 8.25. The van der Waals surface area contributed by atoms with Gasteiger partial charge in [0.25, 0.3) is 0 Å². The molecule has 1 radical (unpaired) electrons. The van der Waals surface area contributed by atoms with Crippen LogP contribution in [0.2, 0.25) is 0 Å². The van der Waals surface area contributed by atoms with Gasteiger partial charge in [-0.15, -0.1) is 0 Å². The van der Waals surface area contributed by atoms with E-state index in [1.807, 2.05) is 73.3 Å². The summed E-state index contributed by atoms with van der Waals surface area (Å²) in [6.07, 6.45) is 7.40. The van der Waals surface area contributed by atoms with E-state index < -0.39 is 10.2 Å². The second-order valence-electron chi connectivity index (χ2n) is 12.9. The van der Waals surface area contributed by atoms with Gasteiger partial charge in [-0.3, -0.25) is 20.4 Å². The molecule has 0 unspecified atom stereocenters. The molecule has 17 heteroatoms. The quantitative estimate of drug-likeness (QED) is 0.0638. The second-order valence-corrected chi connectivity index (χ2v) is 12.9. The van der Waals surface area contributed by atoms with E-state index in [-0.39, 0.29) is 17.1 Å². The molecule has 0 aliphatic rings. The van der Waals surface area contributed by atoms with Crippen molar-refractivity contribution in [3.05, 3.63) is 201 Å². The molecular weight excluding hydrogens is 828 g/mol. The van der Waals surface area contributed by atoms with Crippen molar-refractivity contribution >= 4 is 86.7 Å². The number of aromatic nitrogens is 8. The summed E-state index contributed by atoms with van der Waals surface area (Å²) < 4.78 is 0. The summed E-state index contributed by atoms with van der Waals surface area (Å²) in [5.41, 5.74) is 4.49. The molecule has 4 heterocycles. The Morgan fingerprint density at radius 3 is 0.705 bits per heavy atom. The van der Waals surface area contributed by atoms with Crippen LogP contribution in [0.1, 0.15) is 0 Å². The SMILES string of the molecule is O=[N+]([O-])[O-].O=[N+]([O-])[O-].[Cu+2].c1ccc2c(c1)ccc1cn[nH]c12.c1ccc2c(c1)ccc1cn[nH]c12.c1ccc2c(c1)ccc1cn[nH]c12.c1ccc2c(c1)ccc1cn[nH]c12. The third-order valence-electron chi connectivity index (χ3n) is 9.36. The Morgan fingerprint density at radius 1 is 0.311 bits per heavy atom. The first kappa shape index (κ1) is 42.2. The number of hydrogen-bond acceptors (Lipinski definition) is 10. The molecule has 0 saturated carbocycles. The summed E-state index contributed by atoms with van der Waals surface area (Å²) in [7, 11) is 0. The van der Waals surface area contributed by atoms with Crippen LogP contribution in [0.15, 0.2) is 170 Å². The summed E-state index contributed by atoms with van der Waals surface area (Å²) in [5.74, 6) is 0. The molecule has 0 aliphatic carbocycles. The Kier molecular flexibility index (Phi) is 13.7. The molecule has 0 aliphatic heterocycles. The van der Waals surface area contributed by atoms with Crippen LogP contribution in [0.25, 0.3) is 86.7 Å². The smallest absolute Gasteiger partial charge is 0.356 e. The van der Waals surface area contributed by atoms with Crippen LogP contribution in [0.5, 0.6) is 0 Å². The minimum atomic E-state index is -1.75. The Labute approximate surface area is 354 Å². The van der Waals surface area contributed by atoms with Crippen molar-refractivity contribution in [2.24, 2.45) is 0 Å². The number of H-pyrrole nitrogens is 4. The molecule has 0 amide bonds. The number of nitrogens with one attached hydrogen (secondary N) is 4. The third-order valence-corrected chi connectivity index (χ3v) is 9.36. The van der Waals surface area contributed by atoms with E-state index in [1.165, 1.54) is 64.6 Å². The Hall–Kier alpha value is -8.40. The van der Waals surface area contributed by atoms with E-state index in [9.17, 15) is 0 Å². The number of hydrogen-bond donors (Lipinski definition) is 4. The van der Waals surface area contributed by atoms with E-state index in [2.05, 4.69) is 138 Å². The molecule has 8 aromatic carbocycles. The molecule has 12 aromatic rings. The van der Waals surface area contributed by atoms with Crippen molar-refractivity contribution < 1.29 is 27.2 Å². The van der Waals surface area contributed by atoms with E-state index in [1.54, 1.807) is 0 Å². The Morgan fingerprint density at radius 2 is 0.492 bits per heavy atom. The molecular formula is C44H32CuN10O6. The first-order chi connectivity index (χ1) is 29.3. The molecule has 12 rings (SSSR count). The van der Waals surface area contributed by atoms with E-state index >= 15 is 0 Å². The minimum absolute atomic E-state index is 0. The van der Waals surface area contributed by atoms with Crippen molar-refractivity contribution in [2.45, 2.75) is 0 Å². The van der Waals surface area contributed by atoms with Gasteiger partial charge in [-0.05, 0) is 21.5 Å². The van der Waals surface area contributed by atoms with Crippen molar-refractivity contribution in [3.8, 4) is 0 Å². The zero-order valence-corrected chi connectivity index (χ0v) is 32.5. The van der Waals surface area contributed by atoms with Crippen molar-refractivity contribution in [1.29, 1.82) is 0 Å². The van der Waals surface area contributed by atoms with E-state index in [0.29, 0.717) is 0 Å². The molecule has 61 heavy (non-hydrogen) atoms.